The fourth-order valence-corrected chi connectivity index (χ4v) is 2.71. The number of carbonyl (C=O) groups excluding carboxylic acids is 1. The van der Waals surface area contributed by atoms with Gasteiger partial charge in [-0.1, -0.05) is 12.8 Å². The summed E-state index contributed by atoms with van der Waals surface area (Å²) in [5.74, 6) is 0.520. The molecule has 1 aliphatic carbocycles. The molecule has 2 fully saturated rings. The van der Waals surface area contributed by atoms with Gasteiger partial charge in [0.2, 0.25) is 0 Å². The molecule has 2 aliphatic rings. The van der Waals surface area contributed by atoms with Crippen molar-refractivity contribution in [3.8, 4) is 0 Å². The van der Waals surface area contributed by atoms with E-state index in [1.54, 1.807) is 14.2 Å². The predicted molar refractivity (Wildman–Crippen MR) is 67.5 cm³/mol. The molecular weight excluding hydrogens is 234 g/mol. The maximum atomic E-state index is 12.2. The van der Waals surface area contributed by atoms with Crippen molar-refractivity contribution in [2.75, 3.05) is 27.4 Å². The van der Waals surface area contributed by atoms with Crippen LogP contribution in [0.4, 0.5) is 0 Å². The monoisotopic (exact) mass is 255 g/mol. The molecule has 6 nitrogen and oxygen atoms in total. The molecule has 2 rings (SSSR count). The first-order valence-electron chi connectivity index (χ1n) is 6.39. The van der Waals surface area contributed by atoms with Gasteiger partial charge in [0.1, 0.15) is 5.54 Å². The van der Waals surface area contributed by atoms with Crippen molar-refractivity contribution in [3.63, 3.8) is 0 Å². The van der Waals surface area contributed by atoms with Crippen molar-refractivity contribution in [2.24, 2.45) is 4.99 Å². The highest BCUT2D eigenvalue weighted by Gasteiger charge is 2.52. The van der Waals surface area contributed by atoms with Crippen molar-refractivity contribution in [1.82, 2.24) is 10.6 Å². The van der Waals surface area contributed by atoms with E-state index in [-0.39, 0.29) is 12.0 Å². The lowest BCUT2D eigenvalue weighted by Crippen LogP contribution is -2.58. The van der Waals surface area contributed by atoms with Crippen molar-refractivity contribution < 1.29 is 14.3 Å². The number of carbonyl (C=O) groups is 1. The van der Waals surface area contributed by atoms with Crippen LogP contribution in [0.15, 0.2) is 4.99 Å². The first-order chi connectivity index (χ1) is 8.73. The number of amides is 1. The summed E-state index contributed by atoms with van der Waals surface area (Å²) in [6.07, 6.45) is 3.75. The van der Waals surface area contributed by atoms with Crippen molar-refractivity contribution >= 4 is 11.9 Å². The van der Waals surface area contributed by atoms with Gasteiger partial charge in [0, 0.05) is 14.2 Å². The molecule has 0 aromatic carbocycles. The third kappa shape index (κ3) is 2.35. The summed E-state index contributed by atoms with van der Waals surface area (Å²) >= 11 is 0. The average Bonchev–Trinajstić information content (AvgIpc) is 2.68. The number of aliphatic imine (C=N–C) groups is 1. The molecule has 1 heterocycles. The highest BCUT2D eigenvalue weighted by molar-refractivity contribution is 6.09. The molecule has 1 spiro atoms. The Morgan fingerprint density at radius 2 is 2.28 bits per heavy atom. The largest absolute Gasteiger partial charge is 0.383 e. The Labute approximate surface area is 107 Å². The van der Waals surface area contributed by atoms with Crippen molar-refractivity contribution in [1.29, 1.82) is 0 Å². The maximum Gasteiger partial charge on any atom is 0.255 e. The molecule has 102 valence electrons. The molecule has 0 aromatic rings. The van der Waals surface area contributed by atoms with Gasteiger partial charge in [-0.2, -0.15) is 0 Å². The highest BCUT2D eigenvalue weighted by atomic mass is 16.5. The van der Waals surface area contributed by atoms with E-state index >= 15 is 0 Å². The van der Waals surface area contributed by atoms with E-state index in [1.165, 1.54) is 0 Å². The zero-order chi connectivity index (χ0) is 13.0. The van der Waals surface area contributed by atoms with E-state index in [1.807, 2.05) is 0 Å². The van der Waals surface area contributed by atoms with Gasteiger partial charge in [-0.3, -0.25) is 15.1 Å². The lowest BCUT2D eigenvalue weighted by molar-refractivity contribution is -0.131. The zero-order valence-corrected chi connectivity index (χ0v) is 11.0. The summed E-state index contributed by atoms with van der Waals surface area (Å²) in [7, 11) is 3.29. The second kappa shape index (κ2) is 5.67. The van der Waals surface area contributed by atoms with Gasteiger partial charge in [-0.15, -0.1) is 0 Å². The minimum absolute atomic E-state index is 0.0229. The van der Waals surface area contributed by atoms with E-state index < -0.39 is 5.54 Å². The third-order valence-corrected chi connectivity index (χ3v) is 3.67. The van der Waals surface area contributed by atoms with Crippen molar-refractivity contribution in [3.05, 3.63) is 0 Å². The van der Waals surface area contributed by atoms with Gasteiger partial charge in [0.05, 0.1) is 19.3 Å². The molecule has 1 amide bonds. The zero-order valence-electron chi connectivity index (χ0n) is 11.0. The van der Waals surface area contributed by atoms with Crippen LogP contribution in [0.1, 0.15) is 25.7 Å². The Morgan fingerprint density at radius 1 is 1.44 bits per heavy atom. The summed E-state index contributed by atoms with van der Waals surface area (Å²) in [6, 6.07) is 0. The fraction of sp³-hybridized carbons (Fsp3) is 0.833. The molecule has 18 heavy (non-hydrogen) atoms. The first kappa shape index (κ1) is 13.3. The minimum atomic E-state index is -0.626. The normalized spacial score (nSPS) is 33.8. The van der Waals surface area contributed by atoms with Crippen molar-refractivity contribution in [2.45, 2.75) is 37.3 Å². The van der Waals surface area contributed by atoms with Crippen LogP contribution in [-0.4, -0.2) is 50.9 Å². The number of hydrogen-bond acceptors (Lipinski definition) is 4. The Morgan fingerprint density at radius 3 is 3.00 bits per heavy atom. The number of rotatable bonds is 4. The van der Waals surface area contributed by atoms with E-state index in [9.17, 15) is 4.79 Å². The van der Waals surface area contributed by atoms with Crippen LogP contribution >= 0.6 is 0 Å². The fourth-order valence-electron chi connectivity index (χ4n) is 2.71. The van der Waals surface area contributed by atoms with Gasteiger partial charge >= 0.3 is 0 Å². The van der Waals surface area contributed by atoms with Gasteiger partial charge in [0.25, 0.3) is 5.91 Å². The van der Waals surface area contributed by atoms with E-state index in [4.69, 9.17) is 9.47 Å². The number of methoxy groups -OCH3 is 2. The summed E-state index contributed by atoms with van der Waals surface area (Å²) in [5.41, 5.74) is -0.626. The maximum absolute atomic E-state index is 12.2. The summed E-state index contributed by atoms with van der Waals surface area (Å²) < 4.78 is 10.4. The molecule has 0 bridgehead atoms. The molecule has 2 unspecified atom stereocenters. The smallest absolute Gasteiger partial charge is 0.255 e. The van der Waals surface area contributed by atoms with Gasteiger partial charge in [-0.05, 0) is 12.8 Å². The number of nitrogens with zero attached hydrogens (tertiary/aromatic N) is 1. The predicted octanol–water partition coefficient (Wildman–Crippen LogP) is 0.0360. The van der Waals surface area contributed by atoms with Crippen LogP contribution in [0.2, 0.25) is 0 Å². The Bertz CT molecular complexity index is 345. The van der Waals surface area contributed by atoms with Gasteiger partial charge in [0.15, 0.2) is 5.96 Å². The molecule has 0 radical (unpaired) electrons. The van der Waals surface area contributed by atoms with Crippen LogP contribution < -0.4 is 10.6 Å². The highest BCUT2D eigenvalue weighted by Crippen LogP contribution is 2.32. The number of nitrogens with one attached hydrogen (secondary N) is 2. The minimum Gasteiger partial charge on any atom is -0.383 e. The molecule has 1 saturated heterocycles. The van der Waals surface area contributed by atoms with E-state index in [0.717, 1.165) is 25.7 Å². The molecule has 2 N–H and O–H groups in total. The summed E-state index contributed by atoms with van der Waals surface area (Å²) in [5, 5.41) is 6.03. The Hall–Kier alpha value is -1.14. The Balaban J connectivity index is 2.09. The molecule has 2 atom stereocenters. The van der Waals surface area contributed by atoms with Crippen LogP contribution in [-0.2, 0) is 14.3 Å². The average molecular weight is 255 g/mol. The molecular formula is C12H21N3O3. The lowest BCUT2D eigenvalue weighted by Gasteiger charge is -2.37. The molecule has 1 aliphatic heterocycles. The quantitative estimate of drug-likeness (QED) is 0.696. The molecule has 0 aromatic heterocycles. The topological polar surface area (TPSA) is 72.0 Å². The van der Waals surface area contributed by atoms with Crippen LogP contribution in [0, 0.1) is 0 Å². The van der Waals surface area contributed by atoms with Crippen LogP contribution in [0.3, 0.4) is 0 Å². The Kier molecular flexibility index (Phi) is 4.19. The molecule has 6 heteroatoms. The van der Waals surface area contributed by atoms with E-state index in [0.29, 0.717) is 19.1 Å². The SMILES string of the molecule is COCCN=C1NC(=O)C2(CCCCC2OC)N1. The first-order valence-corrected chi connectivity index (χ1v) is 6.39. The number of guanidine groups is 1. The summed E-state index contributed by atoms with van der Waals surface area (Å²) in [4.78, 5) is 16.5. The lowest BCUT2D eigenvalue weighted by atomic mass is 9.79. The number of ether oxygens (including phenoxy) is 2. The summed E-state index contributed by atoms with van der Waals surface area (Å²) in [6.45, 7) is 1.08. The van der Waals surface area contributed by atoms with Crippen LogP contribution in [0.25, 0.3) is 0 Å². The number of hydrogen-bond donors (Lipinski definition) is 2. The second-order valence-electron chi connectivity index (χ2n) is 4.74. The second-order valence-corrected chi connectivity index (χ2v) is 4.74. The standard InChI is InChI=1S/C12H21N3O3/c1-17-8-7-13-11-14-10(16)12(15-11)6-4-3-5-9(12)18-2/h9H,3-8H2,1-2H3,(H2,13,14,15,16). The van der Waals surface area contributed by atoms with Gasteiger partial charge in [-0.25, -0.2) is 0 Å². The van der Waals surface area contributed by atoms with Gasteiger partial charge < -0.3 is 14.8 Å². The molecule has 1 saturated carbocycles. The van der Waals surface area contributed by atoms with Crippen LogP contribution in [0.5, 0.6) is 0 Å². The third-order valence-electron chi connectivity index (χ3n) is 3.67. The van der Waals surface area contributed by atoms with E-state index in [2.05, 4.69) is 15.6 Å².